The molecule has 2 aromatic rings. The van der Waals surface area contributed by atoms with Crippen LogP contribution >= 0.6 is 12.2 Å². The molecule has 0 aliphatic carbocycles. The Hall–Kier alpha value is -1.75. The molecule has 20 heavy (non-hydrogen) atoms. The Bertz CT molecular complexity index is 717. The Labute approximate surface area is 123 Å². The van der Waals surface area contributed by atoms with Crippen molar-refractivity contribution >= 4 is 28.2 Å². The molecule has 3 rings (SSSR count). The van der Waals surface area contributed by atoms with E-state index in [1.165, 1.54) is 19.3 Å². The molecule has 4 nitrogen and oxygen atoms in total. The Morgan fingerprint density at radius 2 is 2.15 bits per heavy atom. The van der Waals surface area contributed by atoms with Crippen molar-refractivity contribution in [2.45, 2.75) is 32.2 Å². The predicted molar refractivity (Wildman–Crippen MR) is 84.5 cm³/mol. The lowest BCUT2D eigenvalue weighted by molar-refractivity contribution is 0.608. The zero-order valence-electron chi connectivity index (χ0n) is 11.6. The minimum Gasteiger partial charge on any atom is -0.364 e. The third-order valence-corrected chi connectivity index (χ3v) is 3.96. The van der Waals surface area contributed by atoms with Crippen molar-refractivity contribution in [3.8, 4) is 0 Å². The van der Waals surface area contributed by atoms with Crippen LogP contribution in [0.1, 0.15) is 25.1 Å². The van der Waals surface area contributed by atoms with Crippen molar-refractivity contribution < 1.29 is 0 Å². The summed E-state index contributed by atoms with van der Waals surface area (Å²) in [5, 5.41) is 4.51. The van der Waals surface area contributed by atoms with Crippen LogP contribution in [0.15, 0.2) is 29.3 Å². The third-order valence-electron chi connectivity index (χ3n) is 3.67. The number of aromatic nitrogens is 2. The normalized spacial score (nSPS) is 15.8. The van der Waals surface area contributed by atoms with Crippen LogP contribution in [0.5, 0.6) is 0 Å². The highest BCUT2D eigenvalue weighted by molar-refractivity contribution is 7.80. The summed E-state index contributed by atoms with van der Waals surface area (Å²) in [5.41, 5.74) is 1.94. The highest BCUT2D eigenvalue weighted by atomic mass is 32.1. The molecule has 0 bridgehead atoms. The van der Waals surface area contributed by atoms with Crippen molar-refractivity contribution in [1.82, 2.24) is 14.9 Å². The second-order valence-corrected chi connectivity index (χ2v) is 5.38. The van der Waals surface area contributed by atoms with E-state index >= 15 is 0 Å². The van der Waals surface area contributed by atoms with E-state index in [-0.39, 0.29) is 0 Å². The highest BCUT2D eigenvalue weighted by Gasteiger charge is 2.12. The molecule has 0 unspecified atom stereocenters. The number of benzene rings is 1. The molecule has 1 N–H and O–H groups in total. The first-order valence-electron chi connectivity index (χ1n) is 7.04. The number of aryl methyl sites for hydroxylation is 1. The van der Waals surface area contributed by atoms with Crippen molar-refractivity contribution in [3.63, 3.8) is 0 Å². The van der Waals surface area contributed by atoms with E-state index in [2.05, 4.69) is 20.9 Å². The summed E-state index contributed by atoms with van der Waals surface area (Å²) in [5.74, 6) is 1.12. The summed E-state index contributed by atoms with van der Waals surface area (Å²) in [6.07, 6.45) is 4.63. The van der Waals surface area contributed by atoms with Gasteiger partial charge in [0.15, 0.2) is 5.11 Å². The van der Waals surface area contributed by atoms with Crippen LogP contribution in [-0.2, 0) is 13.0 Å². The average molecular weight is 286 g/mol. The summed E-state index contributed by atoms with van der Waals surface area (Å²) < 4.78 is 2.24. The standard InChI is InChI=1S/C15H18N4S/c1-16-15(20)18-14-11-7-4-5-8-12(11)17-13-9-3-2-6-10-19(13)14/h4-5,7-8H,2-3,6,9-10H2,1H3,(H,16,20). The summed E-state index contributed by atoms with van der Waals surface area (Å²) in [4.78, 5) is 9.41. The molecule has 0 atom stereocenters. The molecule has 0 spiro atoms. The fourth-order valence-electron chi connectivity index (χ4n) is 2.66. The molecule has 104 valence electrons. The maximum atomic E-state index is 5.23. The van der Waals surface area contributed by atoms with Gasteiger partial charge in [-0.3, -0.25) is 0 Å². The number of hydrogen-bond donors (Lipinski definition) is 1. The van der Waals surface area contributed by atoms with Gasteiger partial charge in [-0.05, 0) is 37.2 Å². The number of hydrogen-bond acceptors (Lipinski definition) is 2. The number of rotatable bonds is 0. The summed E-state index contributed by atoms with van der Waals surface area (Å²) in [6, 6.07) is 8.15. The zero-order valence-corrected chi connectivity index (χ0v) is 12.4. The van der Waals surface area contributed by atoms with Gasteiger partial charge in [-0.2, -0.15) is 0 Å². The lowest BCUT2D eigenvalue weighted by atomic mass is 10.2. The first kappa shape index (κ1) is 13.2. The van der Waals surface area contributed by atoms with Crippen LogP contribution in [0.3, 0.4) is 0 Å². The van der Waals surface area contributed by atoms with Gasteiger partial charge in [0.2, 0.25) is 0 Å². The molecule has 1 aromatic heterocycles. The third kappa shape index (κ3) is 2.45. The fraction of sp³-hybridized carbons (Fsp3) is 0.400. The molecule has 0 saturated carbocycles. The lowest BCUT2D eigenvalue weighted by Crippen LogP contribution is -2.29. The van der Waals surface area contributed by atoms with Gasteiger partial charge in [0.1, 0.15) is 11.3 Å². The van der Waals surface area contributed by atoms with E-state index in [1.54, 1.807) is 7.05 Å². The van der Waals surface area contributed by atoms with Gasteiger partial charge >= 0.3 is 0 Å². The minimum atomic E-state index is 0.514. The molecule has 0 amide bonds. The van der Waals surface area contributed by atoms with Crippen molar-refractivity contribution in [3.05, 3.63) is 35.6 Å². The minimum absolute atomic E-state index is 0.514. The summed E-state index contributed by atoms with van der Waals surface area (Å²) in [6.45, 7) is 0.971. The van der Waals surface area contributed by atoms with E-state index in [1.807, 2.05) is 18.2 Å². The molecule has 1 aliphatic heterocycles. The molecular weight excluding hydrogens is 268 g/mol. The Morgan fingerprint density at radius 1 is 1.30 bits per heavy atom. The van der Waals surface area contributed by atoms with Gasteiger partial charge in [0.05, 0.1) is 5.52 Å². The van der Waals surface area contributed by atoms with E-state index < -0.39 is 0 Å². The van der Waals surface area contributed by atoms with Crippen molar-refractivity contribution in [2.24, 2.45) is 4.99 Å². The Morgan fingerprint density at radius 3 is 3.00 bits per heavy atom. The zero-order chi connectivity index (χ0) is 13.9. The van der Waals surface area contributed by atoms with Crippen molar-refractivity contribution in [1.29, 1.82) is 0 Å². The lowest BCUT2D eigenvalue weighted by Gasteiger charge is -2.12. The Kier molecular flexibility index (Phi) is 3.78. The highest BCUT2D eigenvalue weighted by Crippen LogP contribution is 2.14. The van der Waals surface area contributed by atoms with E-state index in [0.29, 0.717) is 5.11 Å². The summed E-state index contributed by atoms with van der Waals surface area (Å²) in [7, 11) is 1.80. The van der Waals surface area contributed by atoms with Gasteiger partial charge in [-0.15, -0.1) is 0 Å². The van der Waals surface area contributed by atoms with Crippen LogP contribution in [0.2, 0.25) is 0 Å². The largest absolute Gasteiger partial charge is 0.364 e. The monoisotopic (exact) mass is 286 g/mol. The SMILES string of the molecule is CNC(=S)N=c1c2ccccc2nc2n1CCCCC2. The molecule has 1 aliphatic rings. The van der Waals surface area contributed by atoms with E-state index in [4.69, 9.17) is 17.2 Å². The molecule has 0 fully saturated rings. The van der Waals surface area contributed by atoms with Crippen LogP contribution in [0.4, 0.5) is 0 Å². The molecular formula is C15H18N4S. The van der Waals surface area contributed by atoms with Crippen LogP contribution < -0.4 is 10.8 Å². The molecule has 5 heteroatoms. The fourth-order valence-corrected chi connectivity index (χ4v) is 2.74. The molecule has 0 radical (unpaired) electrons. The maximum Gasteiger partial charge on any atom is 0.194 e. The van der Waals surface area contributed by atoms with Gasteiger partial charge < -0.3 is 9.88 Å². The average Bonchev–Trinajstić information content (AvgIpc) is 2.72. The quantitative estimate of drug-likeness (QED) is 0.755. The topological polar surface area (TPSA) is 42.2 Å². The van der Waals surface area contributed by atoms with Gasteiger partial charge in [0.25, 0.3) is 0 Å². The number of para-hydroxylation sites is 1. The van der Waals surface area contributed by atoms with Gasteiger partial charge in [0, 0.05) is 25.4 Å². The smallest absolute Gasteiger partial charge is 0.194 e. The second-order valence-electron chi connectivity index (χ2n) is 5.00. The van der Waals surface area contributed by atoms with E-state index in [9.17, 15) is 0 Å². The number of nitrogens with zero attached hydrogens (tertiary/aromatic N) is 3. The summed E-state index contributed by atoms with van der Waals surface area (Å²) >= 11 is 5.23. The van der Waals surface area contributed by atoms with Gasteiger partial charge in [-0.25, -0.2) is 9.98 Å². The number of fused-ring (bicyclic) bond motifs is 2. The predicted octanol–water partition coefficient (Wildman–Crippen LogP) is 2.17. The maximum absolute atomic E-state index is 5.23. The van der Waals surface area contributed by atoms with Crippen molar-refractivity contribution in [2.75, 3.05) is 7.05 Å². The molecule has 0 saturated heterocycles. The van der Waals surface area contributed by atoms with E-state index in [0.717, 1.165) is 35.2 Å². The number of nitrogens with one attached hydrogen (secondary N) is 1. The van der Waals surface area contributed by atoms with Gasteiger partial charge in [-0.1, -0.05) is 18.6 Å². The Balaban J connectivity index is 2.35. The second kappa shape index (κ2) is 5.71. The first-order chi connectivity index (χ1) is 9.79. The van der Waals surface area contributed by atoms with Crippen LogP contribution in [0.25, 0.3) is 10.9 Å². The van der Waals surface area contributed by atoms with Crippen LogP contribution in [-0.4, -0.2) is 21.7 Å². The van der Waals surface area contributed by atoms with Crippen LogP contribution in [0, 0.1) is 0 Å². The number of thiocarbonyl (C=S) groups is 1. The molecule has 1 aromatic carbocycles. The first-order valence-corrected chi connectivity index (χ1v) is 7.45. The molecule has 2 heterocycles.